The van der Waals surface area contributed by atoms with Gasteiger partial charge in [0.1, 0.15) is 5.69 Å². The van der Waals surface area contributed by atoms with Crippen LogP contribution in [0.25, 0.3) is 0 Å². The van der Waals surface area contributed by atoms with Crippen LogP contribution in [0.1, 0.15) is 28.9 Å². The summed E-state index contributed by atoms with van der Waals surface area (Å²) >= 11 is 0. The van der Waals surface area contributed by atoms with Gasteiger partial charge in [0.15, 0.2) is 0 Å². The van der Waals surface area contributed by atoms with Gasteiger partial charge in [-0.1, -0.05) is 36.4 Å². The summed E-state index contributed by atoms with van der Waals surface area (Å²) in [4.78, 5) is 32.5. The van der Waals surface area contributed by atoms with Gasteiger partial charge in [0.2, 0.25) is 5.91 Å². The summed E-state index contributed by atoms with van der Waals surface area (Å²) in [5, 5.41) is 9.86. The maximum Gasteiger partial charge on any atom is 0.272 e. The van der Waals surface area contributed by atoms with Crippen molar-refractivity contribution in [3.05, 3.63) is 66.0 Å². The number of carbonyl (C=O) groups is 2. The van der Waals surface area contributed by atoms with E-state index in [0.29, 0.717) is 18.8 Å². The number of aliphatic hydroxyl groups is 1. The smallest absolute Gasteiger partial charge is 0.272 e. The van der Waals surface area contributed by atoms with Gasteiger partial charge in [0.25, 0.3) is 5.91 Å². The first-order valence-electron chi connectivity index (χ1n) is 8.74. The topological polar surface area (TPSA) is 73.7 Å². The van der Waals surface area contributed by atoms with Gasteiger partial charge in [0.05, 0.1) is 18.2 Å². The second kappa shape index (κ2) is 6.21. The Hall–Kier alpha value is -2.73. The minimum atomic E-state index is -0.439. The molecule has 1 N–H and O–H groups in total. The van der Waals surface area contributed by atoms with E-state index >= 15 is 0 Å². The molecule has 1 spiro atoms. The minimum Gasteiger partial charge on any atom is -0.394 e. The standard InChI is InChI=1S/C20H21N3O3/c1-14(25)23-17(11-24)18(15-7-3-2-4-8-15)20(23)12-22(13-20)19(26)16-9-5-6-10-21-16/h2-10,17-18,24H,11-13H2,1H3/t17-,18-/m1/s1. The number of aliphatic hydroxyl groups excluding tert-OH is 1. The summed E-state index contributed by atoms with van der Waals surface area (Å²) in [5.41, 5.74) is 1.06. The second-order valence-electron chi connectivity index (χ2n) is 7.01. The number of hydrogen-bond acceptors (Lipinski definition) is 4. The van der Waals surface area contributed by atoms with Crippen LogP contribution in [0.4, 0.5) is 0 Å². The Kier molecular flexibility index (Phi) is 4.00. The van der Waals surface area contributed by atoms with Gasteiger partial charge in [0, 0.05) is 32.1 Å². The number of benzene rings is 1. The summed E-state index contributed by atoms with van der Waals surface area (Å²) in [7, 11) is 0. The van der Waals surface area contributed by atoms with E-state index in [1.165, 1.54) is 6.92 Å². The van der Waals surface area contributed by atoms with E-state index in [0.717, 1.165) is 5.56 Å². The summed E-state index contributed by atoms with van der Waals surface area (Å²) < 4.78 is 0. The predicted octanol–water partition coefficient (Wildman–Crippen LogP) is 1.28. The Morgan fingerprint density at radius 1 is 1.15 bits per heavy atom. The third kappa shape index (κ3) is 2.33. The van der Waals surface area contributed by atoms with E-state index in [-0.39, 0.29) is 30.4 Å². The van der Waals surface area contributed by atoms with Crippen LogP contribution in [0.15, 0.2) is 54.7 Å². The molecule has 0 unspecified atom stereocenters. The third-order valence-electron chi connectivity index (χ3n) is 5.56. The van der Waals surface area contributed by atoms with Crippen molar-refractivity contribution in [2.75, 3.05) is 19.7 Å². The first-order valence-corrected chi connectivity index (χ1v) is 8.74. The number of nitrogens with zero attached hydrogens (tertiary/aromatic N) is 3. The average molecular weight is 351 g/mol. The number of amides is 2. The molecular weight excluding hydrogens is 330 g/mol. The van der Waals surface area contributed by atoms with Gasteiger partial charge >= 0.3 is 0 Å². The van der Waals surface area contributed by atoms with Gasteiger partial charge in [-0.2, -0.15) is 0 Å². The van der Waals surface area contributed by atoms with E-state index < -0.39 is 5.54 Å². The molecule has 2 fully saturated rings. The molecule has 2 amide bonds. The van der Waals surface area contributed by atoms with Crippen molar-refractivity contribution >= 4 is 11.8 Å². The largest absolute Gasteiger partial charge is 0.394 e. The van der Waals surface area contributed by atoms with E-state index in [1.54, 1.807) is 34.2 Å². The highest BCUT2D eigenvalue weighted by Gasteiger charge is 2.67. The summed E-state index contributed by atoms with van der Waals surface area (Å²) in [6.07, 6.45) is 1.60. The Morgan fingerprint density at radius 3 is 2.42 bits per heavy atom. The zero-order valence-corrected chi connectivity index (χ0v) is 14.6. The second-order valence-corrected chi connectivity index (χ2v) is 7.01. The monoisotopic (exact) mass is 351 g/mol. The molecule has 0 radical (unpaired) electrons. The van der Waals surface area contributed by atoms with Crippen molar-refractivity contribution in [1.82, 2.24) is 14.8 Å². The summed E-state index contributed by atoms with van der Waals surface area (Å²) in [5.74, 6) is -0.175. The van der Waals surface area contributed by atoms with Crippen molar-refractivity contribution in [3.8, 4) is 0 Å². The maximum absolute atomic E-state index is 12.6. The predicted molar refractivity (Wildman–Crippen MR) is 95.4 cm³/mol. The molecule has 6 nitrogen and oxygen atoms in total. The number of pyridine rings is 1. The lowest BCUT2D eigenvalue weighted by atomic mass is 9.60. The zero-order chi connectivity index (χ0) is 18.3. The fraction of sp³-hybridized carbons (Fsp3) is 0.350. The van der Waals surface area contributed by atoms with Crippen LogP contribution < -0.4 is 0 Å². The summed E-state index contributed by atoms with van der Waals surface area (Å²) in [6.45, 7) is 2.35. The highest BCUT2D eigenvalue weighted by molar-refractivity contribution is 5.93. The van der Waals surface area contributed by atoms with Crippen LogP contribution >= 0.6 is 0 Å². The third-order valence-corrected chi connectivity index (χ3v) is 5.56. The van der Waals surface area contributed by atoms with E-state index in [9.17, 15) is 14.7 Å². The van der Waals surface area contributed by atoms with Crippen molar-refractivity contribution in [3.63, 3.8) is 0 Å². The van der Waals surface area contributed by atoms with Crippen molar-refractivity contribution in [2.45, 2.75) is 24.4 Å². The molecule has 1 aromatic carbocycles. The number of hydrogen-bond donors (Lipinski definition) is 1. The molecule has 0 aliphatic carbocycles. The normalized spacial score (nSPS) is 23.3. The molecule has 0 bridgehead atoms. The quantitative estimate of drug-likeness (QED) is 0.904. The van der Waals surface area contributed by atoms with Gasteiger partial charge < -0.3 is 14.9 Å². The van der Waals surface area contributed by atoms with Crippen LogP contribution in [0.5, 0.6) is 0 Å². The molecule has 4 rings (SSSR count). The first-order chi connectivity index (χ1) is 12.6. The van der Waals surface area contributed by atoms with Gasteiger partial charge in [-0.25, -0.2) is 0 Å². The fourth-order valence-corrected chi connectivity index (χ4v) is 4.59. The molecule has 26 heavy (non-hydrogen) atoms. The molecule has 2 aromatic rings. The van der Waals surface area contributed by atoms with Crippen LogP contribution in [-0.4, -0.2) is 63.0 Å². The lowest BCUT2D eigenvalue weighted by Gasteiger charge is -2.70. The van der Waals surface area contributed by atoms with E-state index in [2.05, 4.69) is 4.98 Å². The molecule has 3 heterocycles. The molecule has 1 aromatic heterocycles. The van der Waals surface area contributed by atoms with Crippen molar-refractivity contribution in [1.29, 1.82) is 0 Å². The minimum absolute atomic E-state index is 0.0189. The Morgan fingerprint density at radius 2 is 1.85 bits per heavy atom. The molecule has 134 valence electrons. The van der Waals surface area contributed by atoms with Crippen LogP contribution in [0.2, 0.25) is 0 Å². The van der Waals surface area contributed by atoms with Gasteiger partial charge in [-0.15, -0.1) is 0 Å². The molecule has 2 aliphatic rings. The van der Waals surface area contributed by atoms with E-state index in [1.807, 2.05) is 30.3 Å². The number of carbonyl (C=O) groups excluding carboxylic acids is 2. The molecule has 2 saturated heterocycles. The molecular formula is C20H21N3O3. The fourth-order valence-electron chi connectivity index (χ4n) is 4.59. The first kappa shape index (κ1) is 16.7. The van der Waals surface area contributed by atoms with Crippen molar-refractivity contribution in [2.24, 2.45) is 0 Å². The Labute approximate surface area is 152 Å². The Balaban J connectivity index is 1.61. The van der Waals surface area contributed by atoms with Crippen LogP contribution in [-0.2, 0) is 4.79 Å². The Bertz CT molecular complexity index is 819. The van der Waals surface area contributed by atoms with E-state index in [4.69, 9.17) is 0 Å². The highest BCUT2D eigenvalue weighted by Crippen LogP contribution is 2.53. The number of likely N-dealkylation sites (tertiary alicyclic amines) is 2. The zero-order valence-electron chi connectivity index (χ0n) is 14.6. The van der Waals surface area contributed by atoms with Gasteiger partial charge in [-0.05, 0) is 17.7 Å². The number of aromatic nitrogens is 1. The maximum atomic E-state index is 12.6. The highest BCUT2D eigenvalue weighted by atomic mass is 16.3. The molecule has 2 atom stereocenters. The molecule has 6 heteroatoms. The SMILES string of the molecule is CC(=O)N1[C@H](CO)[C@@H](c2ccccc2)C12CN(C(=O)c1ccccn1)C2. The molecule has 2 aliphatic heterocycles. The molecule has 0 saturated carbocycles. The average Bonchev–Trinajstić information content (AvgIpc) is 2.61. The van der Waals surface area contributed by atoms with Crippen LogP contribution in [0.3, 0.4) is 0 Å². The summed E-state index contributed by atoms with van der Waals surface area (Å²) in [6, 6.07) is 14.9. The lowest BCUT2D eigenvalue weighted by molar-refractivity contribution is -0.191. The lowest BCUT2D eigenvalue weighted by Crippen LogP contribution is -2.85. The van der Waals surface area contributed by atoms with Gasteiger partial charge in [-0.3, -0.25) is 14.6 Å². The number of rotatable bonds is 3. The van der Waals surface area contributed by atoms with Crippen LogP contribution in [0, 0.1) is 0 Å². The van der Waals surface area contributed by atoms with Crippen molar-refractivity contribution < 1.29 is 14.7 Å².